The highest BCUT2D eigenvalue weighted by Crippen LogP contribution is 2.28. The van der Waals surface area contributed by atoms with E-state index in [1.165, 1.54) is 0 Å². The summed E-state index contributed by atoms with van der Waals surface area (Å²) in [4.78, 5) is 4.72. The Kier molecular flexibility index (Phi) is 3.36. The number of nitriles is 1. The van der Waals surface area contributed by atoms with Crippen LogP contribution in [0.5, 0.6) is 0 Å². The highest BCUT2D eigenvalue weighted by atomic mass is 15.1. The van der Waals surface area contributed by atoms with E-state index in [9.17, 15) is 5.26 Å². The Bertz CT molecular complexity index is 638. The number of imidazole rings is 1. The normalized spacial score (nSPS) is 13.5. The molecule has 0 aliphatic heterocycles. The Balaban J connectivity index is 2.61. The quantitative estimate of drug-likeness (QED) is 0.817. The molecule has 1 aromatic carbocycles. The maximum atomic E-state index is 9.18. The van der Waals surface area contributed by atoms with E-state index in [2.05, 4.69) is 37.5 Å². The summed E-state index contributed by atoms with van der Waals surface area (Å²) >= 11 is 0. The number of aryl methyl sites for hydroxylation is 1. The molecule has 19 heavy (non-hydrogen) atoms. The Labute approximate surface area is 114 Å². The molecule has 1 atom stereocenters. The van der Waals surface area contributed by atoms with E-state index in [0.717, 1.165) is 28.8 Å². The third kappa shape index (κ3) is 2.35. The van der Waals surface area contributed by atoms with Crippen LogP contribution < -0.4 is 0 Å². The zero-order valence-corrected chi connectivity index (χ0v) is 12.4. The number of hydrogen-bond donors (Lipinski definition) is 0. The van der Waals surface area contributed by atoms with Crippen LogP contribution in [-0.2, 0) is 12.5 Å². The Morgan fingerprint density at radius 2 is 2.05 bits per heavy atom. The first-order chi connectivity index (χ1) is 8.88. The topological polar surface area (TPSA) is 41.6 Å². The molecule has 0 aliphatic rings. The summed E-state index contributed by atoms with van der Waals surface area (Å²) in [5.41, 5.74) is 3.22. The molecule has 3 nitrogen and oxygen atoms in total. The van der Waals surface area contributed by atoms with E-state index >= 15 is 0 Å². The van der Waals surface area contributed by atoms with Gasteiger partial charge in [-0.15, -0.1) is 0 Å². The molecule has 2 rings (SSSR count). The first-order valence-electron chi connectivity index (χ1n) is 6.75. The van der Waals surface area contributed by atoms with E-state index in [0.29, 0.717) is 0 Å². The predicted octanol–water partition coefficient (Wildman–Crippen LogP) is 3.89. The molecule has 0 fully saturated rings. The molecule has 0 N–H and O–H groups in total. The van der Waals surface area contributed by atoms with E-state index < -0.39 is 0 Å². The zero-order chi connectivity index (χ0) is 14.2. The fourth-order valence-electron chi connectivity index (χ4n) is 2.50. The standard InChI is InChI=1S/C16H21N3/c1-6-11(10-17)12-7-8-13-14(9-12)19(5)15(18-13)16(2,3)4/h7-9,11H,6H2,1-5H3. The summed E-state index contributed by atoms with van der Waals surface area (Å²) in [6.45, 7) is 8.54. The van der Waals surface area contributed by atoms with Gasteiger partial charge in [0.2, 0.25) is 0 Å². The Morgan fingerprint density at radius 1 is 1.37 bits per heavy atom. The zero-order valence-electron chi connectivity index (χ0n) is 12.4. The van der Waals surface area contributed by atoms with Gasteiger partial charge in [-0.3, -0.25) is 0 Å². The second-order valence-electron chi connectivity index (χ2n) is 6.08. The lowest BCUT2D eigenvalue weighted by Gasteiger charge is -2.17. The van der Waals surface area contributed by atoms with E-state index in [4.69, 9.17) is 4.98 Å². The smallest absolute Gasteiger partial charge is 0.115 e. The molecule has 0 amide bonds. The average molecular weight is 255 g/mol. The fourth-order valence-corrected chi connectivity index (χ4v) is 2.50. The minimum absolute atomic E-state index is 0.0212. The maximum absolute atomic E-state index is 9.18. The van der Waals surface area contributed by atoms with Crippen LogP contribution >= 0.6 is 0 Å². The summed E-state index contributed by atoms with van der Waals surface area (Å²) < 4.78 is 2.14. The molecule has 0 bridgehead atoms. The van der Waals surface area contributed by atoms with E-state index in [1.807, 2.05) is 26.1 Å². The van der Waals surface area contributed by atoms with Crippen molar-refractivity contribution in [2.45, 2.75) is 45.4 Å². The SMILES string of the molecule is CCC(C#N)c1ccc2nc(C(C)(C)C)n(C)c2c1. The molecule has 0 aliphatic carbocycles. The predicted molar refractivity (Wildman–Crippen MR) is 78.1 cm³/mol. The highest BCUT2D eigenvalue weighted by Gasteiger charge is 2.21. The second kappa shape index (κ2) is 4.70. The first kappa shape index (κ1) is 13.6. The van der Waals surface area contributed by atoms with Crippen LogP contribution in [0.1, 0.15) is 51.4 Å². The molecule has 3 heteroatoms. The number of hydrogen-bond acceptors (Lipinski definition) is 2. The molecule has 0 spiro atoms. The molecular weight excluding hydrogens is 234 g/mol. The molecule has 0 radical (unpaired) electrons. The molecule has 1 unspecified atom stereocenters. The van der Waals surface area contributed by atoms with Crippen LogP contribution in [0.25, 0.3) is 11.0 Å². The summed E-state index contributed by atoms with van der Waals surface area (Å²) in [6, 6.07) is 8.52. The largest absolute Gasteiger partial charge is 0.331 e. The molecule has 0 saturated carbocycles. The van der Waals surface area contributed by atoms with Gasteiger partial charge in [-0.2, -0.15) is 5.26 Å². The fraction of sp³-hybridized carbons (Fsp3) is 0.500. The summed E-state index contributed by atoms with van der Waals surface area (Å²) in [6.07, 6.45) is 0.839. The average Bonchev–Trinajstić information content (AvgIpc) is 2.68. The second-order valence-corrected chi connectivity index (χ2v) is 6.08. The summed E-state index contributed by atoms with van der Waals surface area (Å²) in [5, 5.41) is 9.18. The lowest BCUT2D eigenvalue weighted by atomic mass is 9.96. The van der Waals surface area contributed by atoms with Crippen molar-refractivity contribution in [1.82, 2.24) is 9.55 Å². The molecule has 1 aromatic heterocycles. The van der Waals surface area contributed by atoms with Crippen molar-refractivity contribution in [3.8, 4) is 6.07 Å². The van der Waals surface area contributed by atoms with Crippen LogP contribution in [0.15, 0.2) is 18.2 Å². The minimum atomic E-state index is -0.0302. The van der Waals surface area contributed by atoms with Gasteiger partial charge in [0.05, 0.1) is 23.0 Å². The van der Waals surface area contributed by atoms with Crippen LogP contribution in [0.3, 0.4) is 0 Å². The van der Waals surface area contributed by atoms with Gasteiger partial charge in [0.25, 0.3) is 0 Å². The third-order valence-electron chi connectivity index (χ3n) is 3.54. The molecule has 0 saturated heterocycles. The van der Waals surface area contributed by atoms with Crippen LogP contribution in [0.4, 0.5) is 0 Å². The molecule has 100 valence electrons. The van der Waals surface area contributed by atoms with Crippen molar-refractivity contribution < 1.29 is 0 Å². The molecule has 1 heterocycles. The number of fused-ring (bicyclic) bond motifs is 1. The van der Waals surface area contributed by atoms with Gasteiger partial charge in [-0.25, -0.2) is 4.98 Å². The van der Waals surface area contributed by atoms with Crippen LogP contribution in [-0.4, -0.2) is 9.55 Å². The van der Waals surface area contributed by atoms with Gasteiger partial charge in [0.1, 0.15) is 5.82 Å². The number of nitrogens with zero attached hydrogens (tertiary/aromatic N) is 3. The van der Waals surface area contributed by atoms with Crippen molar-refractivity contribution >= 4 is 11.0 Å². The van der Waals surface area contributed by atoms with Gasteiger partial charge in [0, 0.05) is 12.5 Å². The monoisotopic (exact) mass is 255 g/mol. The van der Waals surface area contributed by atoms with Gasteiger partial charge in [0.15, 0.2) is 0 Å². The van der Waals surface area contributed by atoms with Gasteiger partial charge >= 0.3 is 0 Å². The van der Waals surface area contributed by atoms with Crippen molar-refractivity contribution in [2.75, 3.05) is 0 Å². The third-order valence-corrected chi connectivity index (χ3v) is 3.54. The molecule has 2 aromatic rings. The van der Waals surface area contributed by atoms with E-state index in [-0.39, 0.29) is 11.3 Å². The van der Waals surface area contributed by atoms with E-state index in [1.54, 1.807) is 0 Å². The van der Waals surface area contributed by atoms with Crippen LogP contribution in [0.2, 0.25) is 0 Å². The molecular formula is C16H21N3. The lowest BCUT2D eigenvalue weighted by Crippen LogP contribution is -2.17. The van der Waals surface area contributed by atoms with Crippen LogP contribution in [0, 0.1) is 11.3 Å². The van der Waals surface area contributed by atoms with Gasteiger partial charge in [-0.1, -0.05) is 33.8 Å². The van der Waals surface area contributed by atoms with Gasteiger partial charge in [-0.05, 0) is 24.1 Å². The summed E-state index contributed by atoms with van der Waals surface area (Å²) in [5.74, 6) is 1.04. The van der Waals surface area contributed by atoms with Gasteiger partial charge < -0.3 is 4.57 Å². The first-order valence-corrected chi connectivity index (χ1v) is 6.75. The highest BCUT2D eigenvalue weighted by molar-refractivity contribution is 5.77. The van der Waals surface area contributed by atoms with Crippen molar-refractivity contribution in [1.29, 1.82) is 5.26 Å². The Morgan fingerprint density at radius 3 is 2.58 bits per heavy atom. The van der Waals surface area contributed by atoms with Crippen molar-refractivity contribution in [2.24, 2.45) is 7.05 Å². The lowest BCUT2D eigenvalue weighted by molar-refractivity contribution is 0.526. The summed E-state index contributed by atoms with van der Waals surface area (Å²) in [7, 11) is 2.05. The van der Waals surface area contributed by atoms with Crippen molar-refractivity contribution in [3.63, 3.8) is 0 Å². The number of rotatable bonds is 2. The Hall–Kier alpha value is -1.82. The maximum Gasteiger partial charge on any atom is 0.115 e. The minimum Gasteiger partial charge on any atom is -0.331 e. The number of aromatic nitrogens is 2. The van der Waals surface area contributed by atoms with Crippen molar-refractivity contribution in [3.05, 3.63) is 29.6 Å². The number of benzene rings is 1.